The molecule has 2 heterocycles. The number of hydrogen-bond acceptors (Lipinski definition) is 5. The molecule has 27 heavy (non-hydrogen) atoms. The minimum atomic E-state index is -3.88. The van der Waals surface area contributed by atoms with Crippen LogP contribution in [0.2, 0.25) is 0 Å². The third-order valence-corrected chi connectivity index (χ3v) is 7.09. The van der Waals surface area contributed by atoms with Crippen LogP contribution in [0.15, 0.2) is 40.6 Å². The summed E-state index contributed by atoms with van der Waals surface area (Å²) >= 11 is 1.28. The quantitative estimate of drug-likeness (QED) is 0.742. The predicted octanol–water partition coefficient (Wildman–Crippen LogP) is 0.287. The minimum absolute atomic E-state index is 0.177. The lowest BCUT2D eigenvalue weighted by molar-refractivity contribution is -0.895. The van der Waals surface area contributed by atoms with E-state index in [-0.39, 0.29) is 30.4 Å². The second kappa shape index (κ2) is 8.14. The van der Waals surface area contributed by atoms with Gasteiger partial charge in [-0.2, -0.15) is 9.57 Å². The van der Waals surface area contributed by atoms with Gasteiger partial charge in [0.05, 0.1) is 31.7 Å². The van der Waals surface area contributed by atoms with E-state index < -0.39 is 15.8 Å². The molecule has 2 aromatic rings. The summed E-state index contributed by atoms with van der Waals surface area (Å²) in [6.07, 6.45) is 0. The van der Waals surface area contributed by atoms with E-state index in [0.29, 0.717) is 23.7 Å². The Morgan fingerprint density at radius 1 is 1.30 bits per heavy atom. The van der Waals surface area contributed by atoms with E-state index in [0.717, 1.165) is 11.0 Å². The fraction of sp³-hybridized carbons (Fsp3) is 0.294. The van der Waals surface area contributed by atoms with Crippen LogP contribution >= 0.6 is 11.3 Å². The highest BCUT2D eigenvalue weighted by atomic mass is 32.2. The summed E-state index contributed by atoms with van der Waals surface area (Å²) in [6.45, 7) is 1.48. The number of benzene rings is 1. The van der Waals surface area contributed by atoms with Crippen molar-refractivity contribution in [1.29, 1.82) is 5.26 Å². The van der Waals surface area contributed by atoms with E-state index in [2.05, 4.69) is 5.32 Å². The standard InChI is InChI=1S/C17H17FN4O3S2/c18-14-3-1-2-4-15(14)27(24,25)22-8-6-21(7-9-22)12-16(23)20-17-13(11-19)5-10-26-17/h1-5,10H,6-9,12H2,(H,20,23)/p+1. The average molecular weight is 409 g/mol. The first-order valence-electron chi connectivity index (χ1n) is 8.27. The van der Waals surface area contributed by atoms with Gasteiger partial charge < -0.3 is 10.2 Å². The van der Waals surface area contributed by atoms with Gasteiger partial charge in [-0.25, -0.2) is 12.8 Å². The molecule has 0 saturated carbocycles. The molecule has 0 aliphatic carbocycles. The lowest BCUT2D eigenvalue weighted by Crippen LogP contribution is -3.15. The first kappa shape index (κ1) is 19.4. The molecule has 1 aromatic heterocycles. The first-order chi connectivity index (χ1) is 12.9. The molecule has 1 aliphatic rings. The monoisotopic (exact) mass is 409 g/mol. The maximum absolute atomic E-state index is 13.8. The molecular formula is C17H18FN4O3S2+. The summed E-state index contributed by atoms with van der Waals surface area (Å²) in [5, 5.41) is 13.9. The second-order valence-corrected chi connectivity index (χ2v) is 8.91. The molecule has 1 aliphatic heterocycles. The van der Waals surface area contributed by atoms with Gasteiger partial charge in [0.25, 0.3) is 5.91 Å². The smallest absolute Gasteiger partial charge is 0.280 e. The van der Waals surface area contributed by atoms with Crippen LogP contribution in [0.3, 0.4) is 0 Å². The summed E-state index contributed by atoms with van der Waals surface area (Å²) in [5.74, 6) is -0.995. The summed E-state index contributed by atoms with van der Waals surface area (Å²) in [5.41, 5.74) is 0.421. The second-order valence-electron chi connectivity index (χ2n) is 6.08. The zero-order valence-electron chi connectivity index (χ0n) is 14.3. The van der Waals surface area contributed by atoms with Crippen molar-refractivity contribution in [2.75, 3.05) is 38.0 Å². The van der Waals surface area contributed by atoms with Crippen LogP contribution in [0.5, 0.6) is 0 Å². The predicted molar refractivity (Wildman–Crippen MR) is 98.4 cm³/mol. The molecule has 0 atom stereocenters. The Morgan fingerprint density at radius 3 is 2.67 bits per heavy atom. The molecule has 2 N–H and O–H groups in total. The Bertz CT molecular complexity index is 976. The normalized spacial score (nSPS) is 16.0. The fourth-order valence-electron chi connectivity index (χ4n) is 2.90. The topological polar surface area (TPSA) is 94.7 Å². The minimum Gasteiger partial charge on any atom is -0.325 e. The van der Waals surface area contributed by atoms with Crippen LogP contribution in [0.4, 0.5) is 9.39 Å². The van der Waals surface area contributed by atoms with Crippen LogP contribution < -0.4 is 10.2 Å². The SMILES string of the molecule is N#Cc1ccsc1NC(=O)C[NH+]1CCN(S(=O)(=O)c2ccccc2F)CC1. The highest BCUT2D eigenvalue weighted by Crippen LogP contribution is 2.22. The number of thiophene rings is 1. The molecule has 7 nitrogen and oxygen atoms in total. The van der Waals surface area contributed by atoms with Gasteiger partial charge in [0.2, 0.25) is 10.0 Å². The third kappa shape index (κ3) is 4.33. The molecule has 1 amide bonds. The third-order valence-electron chi connectivity index (χ3n) is 4.33. The number of nitrogens with zero attached hydrogens (tertiary/aromatic N) is 2. The Morgan fingerprint density at radius 2 is 2.00 bits per heavy atom. The number of quaternary nitrogens is 1. The molecule has 142 valence electrons. The Kier molecular flexibility index (Phi) is 5.86. The lowest BCUT2D eigenvalue weighted by Gasteiger charge is -2.31. The van der Waals surface area contributed by atoms with Gasteiger partial charge in [-0.3, -0.25) is 4.79 Å². The zero-order valence-corrected chi connectivity index (χ0v) is 15.9. The molecule has 10 heteroatoms. The largest absolute Gasteiger partial charge is 0.325 e. The van der Waals surface area contributed by atoms with Gasteiger partial charge >= 0.3 is 0 Å². The van der Waals surface area contributed by atoms with Crippen molar-refractivity contribution in [3.05, 3.63) is 47.1 Å². The van der Waals surface area contributed by atoms with Gasteiger partial charge in [-0.1, -0.05) is 12.1 Å². The number of carbonyl (C=O) groups is 1. The highest BCUT2D eigenvalue weighted by molar-refractivity contribution is 7.89. The number of hydrogen-bond donors (Lipinski definition) is 2. The Balaban J connectivity index is 1.57. The lowest BCUT2D eigenvalue weighted by atomic mass is 10.3. The molecule has 1 fully saturated rings. The van der Waals surface area contributed by atoms with E-state index in [4.69, 9.17) is 5.26 Å². The highest BCUT2D eigenvalue weighted by Gasteiger charge is 2.32. The molecule has 0 unspecified atom stereocenters. The van der Waals surface area contributed by atoms with E-state index >= 15 is 0 Å². The molecule has 0 spiro atoms. The average Bonchev–Trinajstić information content (AvgIpc) is 3.09. The van der Waals surface area contributed by atoms with Gasteiger partial charge in [0.1, 0.15) is 21.8 Å². The van der Waals surface area contributed by atoms with Crippen molar-refractivity contribution in [2.24, 2.45) is 0 Å². The van der Waals surface area contributed by atoms with Gasteiger partial charge in [0, 0.05) is 0 Å². The number of amides is 1. The number of nitriles is 1. The summed E-state index contributed by atoms with van der Waals surface area (Å²) in [4.78, 5) is 12.8. The first-order valence-corrected chi connectivity index (χ1v) is 10.6. The Labute approximate surface area is 160 Å². The molecule has 3 rings (SSSR count). The number of nitrogens with one attached hydrogen (secondary N) is 2. The van der Waals surface area contributed by atoms with Gasteiger partial charge in [-0.05, 0) is 23.6 Å². The van der Waals surface area contributed by atoms with Gasteiger partial charge in [-0.15, -0.1) is 11.3 Å². The van der Waals surface area contributed by atoms with Crippen molar-refractivity contribution in [2.45, 2.75) is 4.90 Å². The van der Waals surface area contributed by atoms with Crippen LogP contribution in [0.1, 0.15) is 5.56 Å². The number of halogens is 1. The summed E-state index contributed by atoms with van der Waals surface area (Å²) in [6, 6.07) is 8.96. The number of carbonyl (C=O) groups excluding carboxylic acids is 1. The number of sulfonamides is 1. The van der Waals surface area contributed by atoms with E-state index in [1.165, 1.54) is 33.8 Å². The zero-order chi connectivity index (χ0) is 19.4. The summed E-state index contributed by atoms with van der Waals surface area (Å²) < 4.78 is 40.3. The molecule has 1 saturated heterocycles. The van der Waals surface area contributed by atoms with Crippen molar-refractivity contribution in [3.8, 4) is 6.07 Å². The van der Waals surface area contributed by atoms with Crippen LogP contribution in [0.25, 0.3) is 0 Å². The molecule has 0 radical (unpaired) electrons. The van der Waals surface area contributed by atoms with Crippen molar-refractivity contribution in [1.82, 2.24) is 4.31 Å². The van der Waals surface area contributed by atoms with E-state index in [1.54, 1.807) is 11.4 Å². The number of anilines is 1. The summed E-state index contributed by atoms with van der Waals surface area (Å²) in [7, 11) is -3.88. The molecular weight excluding hydrogens is 391 g/mol. The van der Waals surface area contributed by atoms with Crippen molar-refractivity contribution in [3.63, 3.8) is 0 Å². The fourth-order valence-corrected chi connectivity index (χ4v) is 5.16. The number of rotatable bonds is 5. The molecule has 1 aromatic carbocycles. The van der Waals surface area contributed by atoms with Crippen molar-refractivity contribution >= 4 is 32.3 Å². The maximum atomic E-state index is 13.8. The van der Waals surface area contributed by atoms with E-state index in [1.807, 2.05) is 6.07 Å². The number of piperazine rings is 1. The van der Waals surface area contributed by atoms with Crippen LogP contribution in [0, 0.1) is 17.1 Å². The van der Waals surface area contributed by atoms with E-state index in [9.17, 15) is 17.6 Å². The van der Waals surface area contributed by atoms with Crippen LogP contribution in [-0.4, -0.2) is 51.4 Å². The van der Waals surface area contributed by atoms with Crippen molar-refractivity contribution < 1.29 is 22.5 Å². The molecule has 0 bridgehead atoms. The van der Waals surface area contributed by atoms with Gasteiger partial charge in [0.15, 0.2) is 6.54 Å². The van der Waals surface area contributed by atoms with Crippen LogP contribution in [-0.2, 0) is 14.8 Å². The maximum Gasteiger partial charge on any atom is 0.280 e. The Hall–Kier alpha value is -2.32.